The first-order valence-corrected chi connectivity index (χ1v) is 13.5. The molecule has 10 heteroatoms. The van der Waals surface area contributed by atoms with E-state index in [4.69, 9.17) is 27.9 Å². The molecule has 0 bridgehead atoms. The first-order chi connectivity index (χ1) is 17.4. The first kappa shape index (κ1) is 26.0. The van der Waals surface area contributed by atoms with Crippen LogP contribution in [0.5, 0.6) is 5.75 Å². The molecule has 0 saturated carbocycles. The number of nitrogens with one attached hydrogen (secondary N) is 2. The third-order valence-electron chi connectivity index (χ3n) is 4.87. The van der Waals surface area contributed by atoms with Crippen molar-refractivity contribution in [2.75, 3.05) is 23.0 Å². The summed E-state index contributed by atoms with van der Waals surface area (Å²) in [6.45, 7) is 2.56. The predicted octanol–water partition coefficient (Wildman–Crippen LogP) is 7.50. The SMILES string of the molecule is CCOc1ccc(-c2csc(NC(=O)CSc3ccc(NC(=O)c4ccc(Cl)cc4Cl)cc3)n2)cc1. The lowest BCUT2D eigenvalue weighted by Gasteiger charge is -2.08. The molecule has 0 atom stereocenters. The highest BCUT2D eigenvalue weighted by atomic mass is 35.5. The maximum Gasteiger partial charge on any atom is 0.257 e. The van der Waals surface area contributed by atoms with Crippen LogP contribution in [0.15, 0.2) is 77.0 Å². The molecule has 2 N–H and O–H groups in total. The zero-order valence-electron chi connectivity index (χ0n) is 19.1. The number of amides is 2. The maximum atomic E-state index is 12.4. The van der Waals surface area contributed by atoms with Crippen molar-refractivity contribution >= 4 is 68.9 Å². The Morgan fingerprint density at radius 2 is 1.75 bits per heavy atom. The molecule has 1 heterocycles. The van der Waals surface area contributed by atoms with Crippen LogP contribution in [0.4, 0.5) is 10.8 Å². The number of aromatic nitrogens is 1. The zero-order chi connectivity index (χ0) is 25.5. The van der Waals surface area contributed by atoms with Gasteiger partial charge in [0.15, 0.2) is 5.13 Å². The zero-order valence-corrected chi connectivity index (χ0v) is 22.2. The number of hydrogen-bond acceptors (Lipinski definition) is 6. The Labute approximate surface area is 227 Å². The van der Waals surface area contributed by atoms with E-state index in [1.807, 2.05) is 48.7 Å². The molecule has 0 aliphatic carbocycles. The third kappa shape index (κ3) is 7.01. The van der Waals surface area contributed by atoms with Gasteiger partial charge < -0.3 is 15.4 Å². The Bertz CT molecular complexity index is 1360. The van der Waals surface area contributed by atoms with E-state index in [2.05, 4.69) is 15.6 Å². The highest BCUT2D eigenvalue weighted by Crippen LogP contribution is 2.27. The van der Waals surface area contributed by atoms with E-state index in [-0.39, 0.29) is 22.6 Å². The normalized spacial score (nSPS) is 10.6. The monoisotopic (exact) mass is 557 g/mol. The Balaban J connectivity index is 1.27. The van der Waals surface area contributed by atoms with Gasteiger partial charge in [-0.3, -0.25) is 9.59 Å². The van der Waals surface area contributed by atoms with Crippen molar-refractivity contribution in [3.8, 4) is 17.0 Å². The second kappa shape index (κ2) is 12.3. The number of ether oxygens (including phenoxy) is 1. The average Bonchev–Trinajstić information content (AvgIpc) is 3.32. The Morgan fingerprint density at radius 1 is 1.00 bits per heavy atom. The van der Waals surface area contributed by atoms with Gasteiger partial charge >= 0.3 is 0 Å². The van der Waals surface area contributed by atoms with E-state index in [1.54, 1.807) is 24.3 Å². The molecule has 184 valence electrons. The standard InChI is InChI=1S/C26H21Cl2N3O3S2/c1-2-34-19-8-3-16(4-9-19)23-14-36-26(30-23)31-24(32)15-35-20-10-6-18(7-11-20)29-25(33)21-12-5-17(27)13-22(21)28/h3-14H,2,15H2,1H3,(H,29,33)(H,30,31,32). The molecule has 0 unspecified atom stereocenters. The summed E-state index contributed by atoms with van der Waals surface area (Å²) in [5.74, 6) is 0.555. The van der Waals surface area contributed by atoms with E-state index in [0.29, 0.717) is 28.0 Å². The van der Waals surface area contributed by atoms with Crippen LogP contribution in [-0.4, -0.2) is 29.2 Å². The van der Waals surface area contributed by atoms with Crippen molar-refractivity contribution in [1.29, 1.82) is 0 Å². The molecule has 1 aromatic heterocycles. The fraction of sp³-hybridized carbons (Fsp3) is 0.115. The van der Waals surface area contributed by atoms with Gasteiger partial charge in [0.1, 0.15) is 5.75 Å². The lowest BCUT2D eigenvalue weighted by atomic mass is 10.2. The Hall–Kier alpha value is -3.04. The van der Waals surface area contributed by atoms with Crippen molar-refractivity contribution in [2.45, 2.75) is 11.8 Å². The minimum absolute atomic E-state index is 0.151. The number of nitrogens with zero attached hydrogens (tertiary/aromatic N) is 1. The number of hydrogen-bond donors (Lipinski definition) is 2. The van der Waals surface area contributed by atoms with Crippen LogP contribution in [0.2, 0.25) is 10.0 Å². The van der Waals surface area contributed by atoms with Gasteiger partial charge in [-0.1, -0.05) is 23.2 Å². The number of rotatable bonds is 9. The largest absolute Gasteiger partial charge is 0.494 e. The molecule has 0 aliphatic heterocycles. The molecule has 0 fully saturated rings. The lowest BCUT2D eigenvalue weighted by Crippen LogP contribution is -2.14. The Kier molecular flexibility index (Phi) is 8.88. The molecule has 4 rings (SSSR count). The molecule has 0 saturated heterocycles. The lowest BCUT2D eigenvalue weighted by molar-refractivity contribution is -0.113. The summed E-state index contributed by atoms with van der Waals surface area (Å²) in [6.07, 6.45) is 0. The van der Waals surface area contributed by atoms with Crippen LogP contribution < -0.4 is 15.4 Å². The van der Waals surface area contributed by atoms with E-state index in [0.717, 1.165) is 21.9 Å². The molecule has 36 heavy (non-hydrogen) atoms. The van der Waals surface area contributed by atoms with Gasteiger partial charge in [-0.15, -0.1) is 23.1 Å². The second-order valence-electron chi connectivity index (χ2n) is 7.43. The molecule has 0 aliphatic rings. The molecule has 4 aromatic rings. The molecule has 0 radical (unpaired) electrons. The van der Waals surface area contributed by atoms with Crippen LogP contribution in [0, 0.1) is 0 Å². The van der Waals surface area contributed by atoms with Crippen molar-refractivity contribution in [3.05, 3.63) is 87.7 Å². The van der Waals surface area contributed by atoms with Crippen molar-refractivity contribution in [2.24, 2.45) is 0 Å². The number of anilines is 2. The molecule has 0 spiro atoms. The fourth-order valence-electron chi connectivity index (χ4n) is 3.16. The van der Waals surface area contributed by atoms with Gasteiger partial charge in [-0.2, -0.15) is 0 Å². The second-order valence-corrected chi connectivity index (χ2v) is 10.2. The van der Waals surface area contributed by atoms with Gasteiger partial charge in [0.05, 0.1) is 28.6 Å². The summed E-state index contributed by atoms with van der Waals surface area (Å²) >= 11 is 14.7. The maximum absolute atomic E-state index is 12.4. The average molecular weight is 559 g/mol. The summed E-state index contributed by atoms with van der Waals surface area (Å²) in [6, 6.07) is 19.6. The summed E-state index contributed by atoms with van der Waals surface area (Å²) < 4.78 is 5.46. The van der Waals surface area contributed by atoms with E-state index < -0.39 is 0 Å². The summed E-state index contributed by atoms with van der Waals surface area (Å²) in [5.41, 5.74) is 2.70. The van der Waals surface area contributed by atoms with Crippen molar-refractivity contribution in [3.63, 3.8) is 0 Å². The van der Waals surface area contributed by atoms with Crippen LogP contribution in [0.3, 0.4) is 0 Å². The van der Waals surface area contributed by atoms with Crippen LogP contribution in [-0.2, 0) is 4.79 Å². The van der Waals surface area contributed by atoms with Gasteiger partial charge in [-0.25, -0.2) is 4.98 Å². The van der Waals surface area contributed by atoms with Crippen LogP contribution in [0.25, 0.3) is 11.3 Å². The summed E-state index contributed by atoms with van der Waals surface area (Å²) in [5, 5.41) is 8.84. The topological polar surface area (TPSA) is 80.3 Å². The van der Waals surface area contributed by atoms with Gasteiger partial charge in [-0.05, 0) is 73.7 Å². The minimum Gasteiger partial charge on any atom is -0.494 e. The van der Waals surface area contributed by atoms with Gasteiger partial charge in [0, 0.05) is 26.5 Å². The van der Waals surface area contributed by atoms with Gasteiger partial charge in [0.25, 0.3) is 5.91 Å². The minimum atomic E-state index is -0.329. The summed E-state index contributed by atoms with van der Waals surface area (Å²) in [4.78, 5) is 30.3. The number of carbonyl (C=O) groups excluding carboxylic acids is 2. The fourth-order valence-corrected chi connectivity index (χ4v) is 5.09. The quantitative estimate of drug-likeness (QED) is 0.208. The predicted molar refractivity (Wildman–Crippen MR) is 149 cm³/mol. The molecule has 3 aromatic carbocycles. The van der Waals surface area contributed by atoms with Crippen LogP contribution >= 0.6 is 46.3 Å². The third-order valence-corrected chi connectivity index (χ3v) is 7.19. The van der Waals surface area contributed by atoms with Crippen LogP contribution in [0.1, 0.15) is 17.3 Å². The molecule has 2 amide bonds. The highest BCUT2D eigenvalue weighted by molar-refractivity contribution is 8.00. The van der Waals surface area contributed by atoms with Crippen molar-refractivity contribution in [1.82, 2.24) is 4.98 Å². The molecule has 6 nitrogen and oxygen atoms in total. The van der Waals surface area contributed by atoms with Gasteiger partial charge in [0.2, 0.25) is 5.91 Å². The Morgan fingerprint density at radius 3 is 2.44 bits per heavy atom. The molecular formula is C26H21Cl2N3O3S2. The number of benzene rings is 3. The molecular weight excluding hydrogens is 537 g/mol. The number of thiazole rings is 1. The first-order valence-electron chi connectivity index (χ1n) is 10.9. The van der Waals surface area contributed by atoms with E-state index in [9.17, 15) is 9.59 Å². The van der Waals surface area contributed by atoms with E-state index in [1.165, 1.54) is 29.2 Å². The number of halogens is 2. The number of thioether (sulfide) groups is 1. The summed E-state index contributed by atoms with van der Waals surface area (Å²) in [7, 11) is 0. The number of carbonyl (C=O) groups is 2. The highest BCUT2D eigenvalue weighted by Gasteiger charge is 2.12. The smallest absolute Gasteiger partial charge is 0.257 e. The van der Waals surface area contributed by atoms with Crippen molar-refractivity contribution < 1.29 is 14.3 Å². The van der Waals surface area contributed by atoms with E-state index >= 15 is 0 Å².